The molecule has 1 saturated heterocycles. The van der Waals surface area contributed by atoms with Crippen molar-refractivity contribution in [2.24, 2.45) is 10.9 Å². The molecule has 0 unspecified atom stereocenters. The number of aliphatic imine (C=N–C) groups is 1. The van der Waals surface area contributed by atoms with Crippen molar-refractivity contribution in [2.75, 3.05) is 12.3 Å². The molecule has 2 rings (SSSR count). The van der Waals surface area contributed by atoms with Crippen LogP contribution in [0, 0.1) is 5.92 Å². The number of alkyl halides is 2. The molecule has 0 aromatic carbocycles. The minimum Gasteiger partial charge on any atom is -0.359 e. The van der Waals surface area contributed by atoms with Crippen LogP contribution in [0.2, 0.25) is 0 Å². The van der Waals surface area contributed by atoms with Gasteiger partial charge in [-0.15, -0.1) is 0 Å². The van der Waals surface area contributed by atoms with E-state index >= 15 is 0 Å². The molecule has 0 radical (unpaired) electrons. The number of hydrogen-bond donors (Lipinski definition) is 1. The summed E-state index contributed by atoms with van der Waals surface area (Å²) in [6, 6.07) is 0. The van der Waals surface area contributed by atoms with E-state index < -0.39 is 6.43 Å². The van der Waals surface area contributed by atoms with Crippen LogP contribution in [0.1, 0.15) is 32.6 Å². The zero-order chi connectivity index (χ0) is 11.6. The lowest BCUT2D eigenvalue weighted by Gasteiger charge is -2.35. The molecule has 1 heterocycles. The van der Waals surface area contributed by atoms with Crippen molar-refractivity contribution in [3.8, 4) is 0 Å². The minimum absolute atomic E-state index is 0.151. The maximum Gasteiger partial charge on any atom is 0.257 e. The van der Waals surface area contributed by atoms with Crippen LogP contribution in [0.4, 0.5) is 8.78 Å². The molecule has 16 heavy (non-hydrogen) atoms. The first kappa shape index (κ1) is 12.1. The third-order valence-electron chi connectivity index (χ3n) is 3.46. The second-order valence-corrected chi connectivity index (χ2v) is 5.88. The lowest BCUT2D eigenvalue weighted by atomic mass is 9.78. The third-order valence-corrected chi connectivity index (χ3v) is 4.66. The van der Waals surface area contributed by atoms with Crippen molar-refractivity contribution in [1.29, 1.82) is 0 Å². The molecule has 0 aromatic rings. The fourth-order valence-electron chi connectivity index (χ4n) is 2.33. The predicted molar refractivity (Wildman–Crippen MR) is 64.3 cm³/mol. The van der Waals surface area contributed by atoms with Gasteiger partial charge in [-0.1, -0.05) is 18.7 Å². The van der Waals surface area contributed by atoms with Gasteiger partial charge in [0, 0.05) is 11.3 Å². The average Bonchev–Trinajstić information content (AvgIpc) is 2.64. The molecule has 92 valence electrons. The van der Waals surface area contributed by atoms with Crippen LogP contribution in [0.5, 0.6) is 0 Å². The first-order chi connectivity index (χ1) is 7.60. The van der Waals surface area contributed by atoms with Crippen molar-refractivity contribution in [2.45, 2.75) is 44.6 Å². The molecular weight excluding hydrogens is 230 g/mol. The van der Waals surface area contributed by atoms with Crippen molar-refractivity contribution in [3.05, 3.63) is 0 Å². The Bertz CT molecular complexity index is 273. The summed E-state index contributed by atoms with van der Waals surface area (Å²) in [5.41, 5.74) is 0.151. The maximum absolute atomic E-state index is 12.0. The zero-order valence-corrected chi connectivity index (χ0v) is 10.3. The lowest BCUT2D eigenvalue weighted by Crippen LogP contribution is -2.46. The van der Waals surface area contributed by atoms with Gasteiger partial charge in [0.2, 0.25) is 0 Å². The summed E-state index contributed by atoms with van der Waals surface area (Å²) < 4.78 is 24.1. The van der Waals surface area contributed by atoms with Crippen LogP contribution in [-0.2, 0) is 0 Å². The van der Waals surface area contributed by atoms with Gasteiger partial charge < -0.3 is 5.32 Å². The lowest BCUT2D eigenvalue weighted by molar-refractivity contribution is 0.158. The Morgan fingerprint density at radius 1 is 1.50 bits per heavy atom. The largest absolute Gasteiger partial charge is 0.359 e. The van der Waals surface area contributed by atoms with Crippen LogP contribution in [0.15, 0.2) is 4.99 Å². The Hall–Kier alpha value is -0.320. The Balaban J connectivity index is 1.89. The molecule has 5 heteroatoms. The predicted octanol–water partition coefficient (Wildman–Crippen LogP) is 2.89. The summed E-state index contributed by atoms with van der Waals surface area (Å²) in [6.07, 6.45) is 2.42. The molecule has 1 N–H and O–H groups in total. The molecule has 0 amide bonds. The Labute approximate surface area is 99.3 Å². The van der Waals surface area contributed by atoms with E-state index in [9.17, 15) is 8.78 Å². The van der Waals surface area contributed by atoms with E-state index in [1.807, 2.05) is 0 Å². The summed E-state index contributed by atoms with van der Waals surface area (Å²) in [5.74, 6) is 1.79. The minimum atomic E-state index is -2.34. The molecule has 1 spiro atoms. The summed E-state index contributed by atoms with van der Waals surface area (Å²) in [7, 11) is 0. The molecule has 0 bridgehead atoms. The number of thioether (sulfide) groups is 1. The number of hydrogen-bond acceptors (Lipinski definition) is 2. The normalized spacial score (nSPS) is 37.2. The van der Waals surface area contributed by atoms with Gasteiger partial charge in [0.05, 0.1) is 0 Å². The second-order valence-electron chi connectivity index (χ2n) is 4.91. The molecule has 0 aromatic heterocycles. The first-order valence-electron chi connectivity index (χ1n) is 5.83. The molecule has 0 atom stereocenters. The van der Waals surface area contributed by atoms with Gasteiger partial charge in [0.1, 0.15) is 6.54 Å². The highest BCUT2D eigenvalue weighted by Gasteiger charge is 2.39. The number of amidine groups is 1. The number of halogens is 2. The third kappa shape index (κ3) is 2.87. The highest BCUT2D eigenvalue weighted by molar-refractivity contribution is 8.14. The monoisotopic (exact) mass is 248 g/mol. The fraction of sp³-hybridized carbons (Fsp3) is 0.909. The van der Waals surface area contributed by atoms with Crippen LogP contribution in [-0.4, -0.2) is 29.4 Å². The van der Waals surface area contributed by atoms with E-state index in [2.05, 4.69) is 17.2 Å². The van der Waals surface area contributed by atoms with Gasteiger partial charge in [-0.05, 0) is 31.6 Å². The topological polar surface area (TPSA) is 24.4 Å². The van der Waals surface area contributed by atoms with Crippen LogP contribution in [0.25, 0.3) is 0 Å². The number of nitrogens with zero attached hydrogens (tertiary/aromatic N) is 1. The number of rotatable bonds is 2. The van der Waals surface area contributed by atoms with Crippen LogP contribution in [0.3, 0.4) is 0 Å². The van der Waals surface area contributed by atoms with Crippen LogP contribution >= 0.6 is 11.8 Å². The average molecular weight is 248 g/mol. The highest BCUT2D eigenvalue weighted by atomic mass is 32.2. The van der Waals surface area contributed by atoms with Crippen molar-refractivity contribution in [3.63, 3.8) is 0 Å². The van der Waals surface area contributed by atoms with E-state index in [4.69, 9.17) is 0 Å². The van der Waals surface area contributed by atoms with Gasteiger partial charge in [-0.2, -0.15) is 0 Å². The fourth-order valence-corrected chi connectivity index (χ4v) is 3.56. The Morgan fingerprint density at radius 2 is 2.19 bits per heavy atom. The molecule has 2 fully saturated rings. The molecule has 1 aliphatic carbocycles. The van der Waals surface area contributed by atoms with Crippen LogP contribution < -0.4 is 5.32 Å². The van der Waals surface area contributed by atoms with Crippen molar-refractivity contribution >= 4 is 16.9 Å². The molecule has 1 aliphatic heterocycles. The molecule has 2 aliphatic rings. The van der Waals surface area contributed by atoms with Crippen molar-refractivity contribution in [1.82, 2.24) is 5.32 Å². The molecule has 2 nitrogen and oxygen atoms in total. The maximum atomic E-state index is 12.0. The van der Waals surface area contributed by atoms with E-state index in [1.165, 1.54) is 12.8 Å². The summed E-state index contributed by atoms with van der Waals surface area (Å²) in [6.45, 7) is 1.91. The van der Waals surface area contributed by atoms with Gasteiger partial charge in [0.25, 0.3) is 6.43 Å². The van der Waals surface area contributed by atoms with Gasteiger partial charge in [-0.3, -0.25) is 4.99 Å². The molecular formula is C11H18F2N2S. The smallest absolute Gasteiger partial charge is 0.257 e. The summed E-state index contributed by atoms with van der Waals surface area (Å²) >= 11 is 1.60. The first-order valence-corrected chi connectivity index (χ1v) is 6.82. The van der Waals surface area contributed by atoms with Crippen molar-refractivity contribution < 1.29 is 8.78 Å². The highest BCUT2D eigenvalue weighted by Crippen LogP contribution is 2.38. The standard InChI is InChI=1S/C11H18F2N2S/c1-8-2-4-11(5-3-8)7-16-10(15-11)14-6-9(12)13/h8-9H,2-7H2,1H3,(H,14,15). The van der Waals surface area contributed by atoms with Gasteiger partial charge in [-0.25, -0.2) is 8.78 Å². The zero-order valence-electron chi connectivity index (χ0n) is 9.51. The number of nitrogens with one attached hydrogen (secondary N) is 1. The van der Waals surface area contributed by atoms with Gasteiger partial charge >= 0.3 is 0 Å². The quantitative estimate of drug-likeness (QED) is 0.812. The Morgan fingerprint density at radius 3 is 2.81 bits per heavy atom. The van der Waals surface area contributed by atoms with Gasteiger partial charge in [0.15, 0.2) is 5.17 Å². The van der Waals surface area contributed by atoms with E-state index in [0.717, 1.165) is 29.7 Å². The Kier molecular flexibility index (Phi) is 3.72. The summed E-state index contributed by atoms with van der Waals surface area (Å²) in [4.78, 5) is 3.91. The summed E-state index contributed by atoms with van der Waals surface area (Å²) in [5, 5.41) is 4.08. The van der Waals surface area contributed by atoms with E-state index in [-0.39, 0.29) is 12.1 Å². The SMILES string of the molecule is CC1CCC2(CC1)CSC(=NCC(F)F)N2. The second kappa shape index (κ2) is 4.90. The van der Waals surface area contributed by atoms with E-state index in [0.29, 0.717) is 0 Å². The molecule has 1 saturated carbocycles. The van der Waals surface area contributed by atoms with E-state index in [1.54, 1.807) is 11.8 Å².